The fraction of sp³-hybridized carbons (Fsp3) is 0.286. The van der Waals surface area contributed by atoms with E-state index in [1.54, 1.807) is 14.0 Å². The minimum atomic E-state index is -0.421. The van der Waals surface area contributed by atoms with E-state index in [4.69, 9.17) is 4.74 Å². The van der Waals surface area contributed by atoms with Crippen LogP contribution < -0.4 is 10.1 Å². The van der Waals surface area contributed by atoms with Crippen molar-refractivity contribution in [3.8, 4) is 17.0 Å². The summed E-state index contributed by atoms with van der Waals surface area (Å²) in [7, 11) is 1.63. The Hall–Kier alpha value is -2.14. The second-order valence-electron chi connectivity index (χ2n) is 4.23. The molecule has 2 rings (SSSR count). The molecule has 1 atom stereocenters. The van der Waals surface area contributed by atoms with Crippen molar-refractivity contribution in [1.29, 1.82) is 0 Å². The van der Waals surface area contributed by atoms with Crippen LogP contribution in [0.15, 0.2) is 36.4 Å². The molecule has 19 heavy (non-hydrogen) atoms. The Morgan fingerprint density at radius 1 is 1.21 bits per heavy atom. The van der Waals surface area contributed by atoms with Gasteiger partial charge < -0.3 is 15.2 Å². The largest absolute Gasteiger partial charge is 0.496 e. The number of nitrogens with one attached hydrogen (secondary N) is 1. The number of aliphatic hydroxyl groups is 1. The van der Waals surface area contributed by atoms with E-state index in [-0.39, 0.29) is 0 Å². The van der Waals surface area contributed by atoms with E-state index in [2.05, 4.69) is 15.5 Å². The standard InChI is InChI=1S/C14H17N3O2/c1-10(18)9-15-14-8-7-12(16-17-14)11-5-3-4-6-13(11)19-2/h3-8,10,18H,9H2,1-2H3,(H,15,17). The number of hydrogen-bond donors (Lipinski definition) is 2. The lowest BCUT2D eigenvalue weighted by molar-refractivity contribution is 0.208. The summed E-state index contributed by atoms with van der Waals surface area (Å²) in [6.07, 6.45) is -0.421. The fourth-order valence-corrected chi connectivity index (χ4v) is 1.68. The molecule has 0 saturated carbocycles. The Labute approximate surface area is 112 Å². The van der Waals surface area contributed by atoms with Crippen LogP contribution in [0.3, 0.4) is 0 Å². The van der Waals surface area contributed by atoms with Gasteiger partial charge in [0.05, 0.1) is 18.9 Å². The quantitative estimate of drug-likeness (QED) is 0.859. The Balaban J connectivity index is 2.18. The number of anilines is 1. The van der Waals surface area contributed by atoms with Crippen molar-refractivity contribution in [2.24, 2.45) is 0 Å². The van der Waals surface area contributed by atoms with E-state index in [1.165, 1.54) is 0 Å². The molecule has 0 radical (unpaired) electrons. The van der Waals surface area contributed by atoms with Crippen LogP contribution in [0, 0.1) is 0 Å². The lowest BCUT2D eigenvalue weighted by Crippen LogP contribution is -2.16. The van der Waals surface area contributed by atoms with E-state index in [0.717, 1.165) is 17.0 Å². The molecule has 0 amide bonds. The lowest BCUT2D eigenvalue weighted by Gasteiger charge is -2.09. The first kappa shape index (κ1) is 13.3. The zero-order chi connectivity index (χ0) is 13.7. The van der Waals surface area contributed by atoms with Gasteiger partial charge in [-0.2, -0.15) is 0 Å². The number of methoxy groups -OCH3 is 1. The van der Waals surface area contributed by atoms with Crippen LogP contribution in [0.4, 0.5) is 5.82 Å². The summed E-state index contributed by atoms with van der Waals surface area (Å²) in [6.45, 7) is 2.16. The first-order valence-electron chi connectivity index (χ1n) is 6.09. The maximum Gasteiger partial charge on any atom is 0.148 e. The molecule has 0 saturated heterocycles. The molecule has 2 aromatic rings. The third kappa shape index (κ3) is 3.42. The van der Waals surface area contributed by atoms with Crippen molar-refractivity contribution in [3.05, 3.63) is 36.4 Å². The minimum absolute atomic E-state index is 0.421. The summed E-state index contributed by atoms with van der Waals surface area (Å²) >= 11 is 0. The van der Waals surface area contributed by atoms with E-state index in [1.807, 2.05) is 36.4 Å². The monoisotopic (exact) mass is 259 g/mol. The van der Waals surface area contributed by atoms with Gasteiger partial charge in [-0.05, 0) is 31.2 Å². The van der Waals surface area contributed by atoms with Crippen LogP contribution in [0.25, 0.3) is 11.3 Å². The molecule has 2 N–H and O–H groups in total. The van der Waals surface area contributed by atoms with Crippen LogP contribution in [0.5, 0.6) is 5.75 Å². The van der Waals surface area contributed by atoms with Gasteiger partial charge in [0.1, 0.15) is 11.6 Å². The van der Waals surface area contributed by atoms with Crippen LogP contribution >= 0.6 is 0 Å². The predicted molar refractivity (Wildman–Crippen MR) is 74.2 cm³/mol. The molecule has 5 nitrogen and oxygen atoms in total. The molecule has 100 valence electrons. The summed E-state index contributed by atoms with van der Waals surface area (Å²) < 4.78 is 5.29. The van der Waals surface area contributed by atoms with Crippen molar-refractivity contribution in [2.45, 2.75) is 13.0 Å². The Kier molecular flexibility index (Phi) is 4.30. The topological polar surface area (TPSA) is 67.3 Å². The van der Waals surface area contributed by atoms with Gasteiger partial charge >= 0.3 is 0 Å². The van der Waals surface area contributed by atoms with Crippen LogP contribution in [0.1, 0.15) is 6.92 Å². The van der Waals surface area contributed by atoms with Crippen molar-refractivity contribution in [2.75, 3.05) is 19.0 Å². The first-order chi connectivity index (χ1) is 9.20. The molecule has 1 aromatic heterocycles. The highest BCUT2D eigenvalue weighted by Crippen LogP contribution is 2.27. The van der Waals surface area contributed by atoms with Gasteiger partial charge in [0.15, 0.2) is 0 Å². The summed E-state index contributed by atoms with van der Waals surface area (Å²) in [5.41, 5.74) is 1.65. The van der Waals surface area contributed by atoms with E-state index in [0.29, 0.717) is 12.4 Å². The fourth-order valence-electron chi connectivity index (χ4n) is 1.68. The third-order valence-corrected chi connectivity index (χ3v) is 2.63. The zero-order valence-electron chi connectivity index (χ0n) is 11.0. The Morgan fingerprint density at radius 3 is 2.63 bits per heavy atom. The van der Waals surface area contributed by atoms with Gasteiger partial charge in [-0.15, -0.1) is 10.2 Å². The molecule has 0 bridgehead atoms. The third-order valence-electron chi connectivity index (χ3n) is 2.63. The summed E-state index contributed by atoms with van der Waals surface area (Å²) in [6, 6.07) is 11.4. The number of benzene rings is 1. The molecule has 0 aliphatic heterocycles. The summed E-state index contributed by atoms with van der Waals surface area (Å²) in [4.78, 5) is 0. The zero-order valence-corrected chi connectivity index (χ0v) is 11.0. The molecule has 1 unspecified atom stereocenters. The summed E-state index contributed by atoms with van der Waals surface area (Å²) in [5, 5.41) is 20.4. The number of hydrogen-bond acceptors (Lipinski definition) is 5. The van der Waals surface area contributed by atoms with Gasteiger partial charge in [0, 0.05) is 12.1 Å². The molecule has 0 fully saturated rings. The Morgan fingerprint density at radius 2 is 2.00 bits per heavy atom. The number of nitrogens with zero attached hydrogens (tertiary/aromatic N) is 2. The number of aromatic nitrogens is 2. The number of para-hydroxylation sites is 1. The molecule has 0 spiro atoms. The number of ether oxygens (including phenoxy) is 1. The van der Waals surface area contributed by atoms with Gasteiger partial charge in [0.25, 0.3) is 0 Å². The molecule has 0 aliphatic carbocycles. The number of rotatable bonds is 5. The van der Waals surface area contributed by atoms with Gasteiger partial charge in [-0.3, -0.25) is 0 Å². The first-order valence-corrected chi connectivity index (χ1v) is 6.09. The highest BCUT2D eigenvalue weighted by molar-refractivity contribution is 5.67. The minimum Gasteiger partial charge on any atom is -0.496 e. The van der Waals surface area contributed by atoms with Crippen molar-refractivity contribution >= 4 is 5.82 Å². The lowest BCUT2D eigenvalue weighted by atomic mass is 10.1. The second-order valence-corrected chi connectivity index (χ2v) is 4.23. The van der Waals surface area contributed by atoms with Crippen LogP contribution in [-0.4, -0.2) is 35.1 Å². The molecule has 5 heteroatoms. The van der Waals surface area contributed by atoms with Crippen molar-refractivity contribution in [1.82, 2.24) is 10.2 Å². The average molecular weight is 259 g/mol. The molecule has 1 aromatic carbocycles. The number of aliphatic hydroxyl groups excluding tert-OH is 1. The highest BCUT2D eigenvalue weighted by atomic mass is 16.5. The Bertz CT molecular complexity index is 526. The highest BCUT2D eigenvalue weighted by Gasteiger charge is 2.07. The van der Waals surface area contributed by atoms with Crippen LogP contribution in [0.2, 0.25) is 0 Å². The van der Waals surface area contributed by atoms with Gasteiger partial charge in [-0.25, -0.2) is 0 Å². The van der Waals surface area contributed by atoms with E-state index >= 15 is 0 Å². The van der Waals surface area contributed by atoms with Crippen molar-refractivity contribution < 1.29 is 9.84 Å². The predicted octanol–water partition coefficient (Wildman–Crippen LogP) is 1.94. The summed E-state index contributed by atoms with van der Waals surface area (Å²) in [5.74, 6) is 1.40. The van der Waals surface area contributed by atoms with E-state index < -0.39 is 6.10 Å². The molecule has 1 heterocycles. The normalized spacial score (nSPS) is 11.9. The van der Waals surface area contributed by atoms with Gasteiger partial charge in [-0.1, -0.05) is 12.1 Å². The smallest absolute Gasteiger partial charge is 0.148 e. The average Bonchev–Trinajstić information content (AvgIpc) is 2.45. The van der Waals surface area contributed by atoms with E-state index in [9.17, 15) is 5.11 Å². The maximum absolute atomic E-state index is 9.19. The second kappa shape index (κ2) is 6.15. The molecule has 0 aliphatic rings. The maximum atomic E-state index is 9.19. The van der Waals surface area contributed by atoms with Gasteiger partial charge in [0.2, 0.25) is 0 Å². The van der Waals surface area contributed by atoms with Crippen LogP contribution in [-0.2, 0) is 0 Å². The molecular formula is C14H17N3O2. The molecular weight excluding hydrogens is 242 g/mol. The van der Waals surface area contributed by atoms with Crippen molar-refractivity contribution in [3.63, 3.8) is 0 Å². The SMILES string of the molecule is COc1ccccc1-c1ccc(NCC(C)O)nn1.